The molecule has 0 fully saturated rings. The first-order chi connectivity index (χ1) is 8.24. The molecule has 0 saturated heterocycles. The summed E-state index contributed by atoms with van der Waals surface area (Å²) in [6.07, 6.45) is 0. The van der Waals surface area contributed by atoms with Gasteiger partial charge in [0.05, 0.1) is 13.7 Å². The maximum absolute atomic E-state index is 13.5. The molecule has 0 unspecified atom stereocenters. The van der Waals surface area contributed by atoms with Gasteiger partial charge in [-0.2, -0.15) is 0 Å². The van der Waals surface area contributed by atoms with Crippen LogP contribution in [0.25, 0.3) is 11.1 Å². The van der Waals surface area contributed by atoms with E-state index in [1.54, 1.807) is 12.1 Å². The van der Waals surface area contributed by atoms with Crippen molar-refractivity contribution in [1.29, 1.82) is 0 Å². The molecule has 0 radical (unpaired) electrons. The van der Waals surface area contributed by atoms with Crippen molar-refractivity contribution in [3.63, 3.8) is 0 Å². The number of rotatable bonds is 3. The molecule has 2 rings (SSSR count). The molecule has 0 aromatic heterocycles. The summed E-state index contributed by atoms with van der Waals surface area (Å²) in [5, 5.41) is 8.93. The van der Waals surface area contributed by atoms with Crippen molar-refractivity contribution in [3.05, 3.63) is 53.8 Å². The third-order valence-electron chi connectivity index (χ3n) is 2.62. The topological polar surface area (TPSA) is 29.5 Å². The summed E-state index contributed by atoms with van der Waals surface area (Å²) >= 11 is 0. The van der Waals surface area contributed by atoms with E-state index in [1.807, 2.05) is 24.3 Å². The van der Waals surface area contributed by atoms with Gasteiger partial charge in [0.2, 0.25) is 0 Å². The Morgan fingerprint density at radius 2 is 1.71 bits per heavy atom. The van der Waals surface area contributed by atoms with Crippen LogP contribution in [-0.2, 0) is 6.61 Å². The molecule has 0 bridgehead atoms. The van der Waals surface area contributed by atoms with Crippen LogP contribution in [0.5, 0.6) is 5.75 Å². The van der Waals surface area contributed by atoms with Gasteiger partial charge >= 0.3 is 0 Å². The first-order valence-electron chi connectivity index (χ1n) is 5.28. The van der Waals surface area contributed by atoms with E-state index in [4.69, 9.17) is 9.84 Å². The number of halogens is 1. The number of benzene rings is 2. The second kappa shape index (κ2) is 4.97. The van der Waals surface area contributed by atoms with E-state index in [0.717, 1.165) is 16.7 Å². The normalized spacial score (nSPS) is 10.3. The Kier molecular flexibility index (Phi) is 3.40. The number of hydrogen-bond acceptors (Lipinski definition) is 2. The van der Waals surface area contributed by atoms with E-state index in [9.17, 15) is 4.39 Å². The molecule has 2 aromatic carbocycles. The Bertz CT molecular complexity index is 506. The minimum atomic E-state index is -0.378. The number of aliphatic hydroxyl groups is 1. The summed E-state index contributed by atoms with van der Waals surface area (Å²) in [5.74, 6) is -0.142. The first kappa shape index (κ1) is 11.6. The van der Waals surface area contributed by atoms with Crippen LogP contribution in [0.1, 0.15) is 5.56 Å². The van der Waals surface area contributed by atoms with Gasteiger partial charge in [0.25, 0.3) is 0 Å². The Morgan fingerprint density at radius 3 is 2.24 bits per heavy atom. The van der Waals surface area contributed by atoms with E-state index in [1.165, 1.54) is 13.2 Å². The fourth-order valence-electron chi connectivity index (χ4n) is 1.65. The fraction of sp³-hybridized carbons (Fsp3) is 0.143. The van der Waals surface area contributed by atoms with Gasteiger partial charge in [0.15, 0.2) is 11.6 Å². The predicted molar refractivity (Wildman–Crippen MR) is 64.3 cm³/mol. The summed E-state index contributed by atoms with van der Waals surface area (Å²) in [6, 6.07) is 12.2. The van der Waals surface area contributed by atoms with Crippen LogP contribution in [-0.4, -0.2) is 12.2 Å². The molecule has 3 heteroatoms. The van der Waals surface area contributed by atoms with Crippen LogP contribution in [0.15, 0.2) is 42.5 Å². The predicted octanol–water partition coefficient (Wildman–Crippen LogP) is 2.99. The highest BCUT2D eigenvalue weighted by atomic mass is 19.1. The summed E-state index contributed by atoms with van der Waals surface area (Å²) in [6.45, 7) is 0.0112. The molecule has 2 nitrogen and oxygen atoms in total. The molecule has 0 aliphatic rings. The average molecular weight is 232 g/mol. The molecule has 0 atom stereocenters. The lowest BCUT2D eigenvalue weighted by Crippen LogP contribution is -1.89. The second-order valence-electron chi connectivity index (χ2n) is 3.70. The van der Waals surface area contributed by atoms with E-state index in [0.29, 0.717) is 0 Å². The van der Waals surface area contributed by atoms with Crippen molar-refractivity contribution < 1.29 is 14.2 Å². The Balaban J connectivity index is 2.35. The number of methoxy groups -OCH3 is 1. The molecular formula is C14H13FO2. The van der Waals surface area contributed by atoms with Crippen LogP contribution < -0.4 is 4.74 Å². The zero-order valence-electron chi connectivity index (χ0n) is 9.48. The van der Waals surface area contributed by atoms with E-state index < -0.39 is 0 Å². The smallest absolute Gasteiger partial charge is 0.165 e. The number of ether oxygens (including phenoxy) is 1. The maximum atomic E-state index is 13.5. The van der Waals surface area contributed by atoms with Gasteiger partial charge in [-0.3, -0.25) is 0 Å². The molecule has 2 aromatic rings. The first-order valence-corrected chi connectivity index (χ1v) is 5.28. The maximum Gasteiger partial charge on any atom is 0.165 e. The van der Waals surface area contributed by atoms with Crippen molar-refractivity contribution >= 4 is 0 Å². The van der Waals surface area contributed by atoms with Crippen molar-refractivity contribution in [2.75, 3.05) is 7.11 Å². The van der Waals surface area contributed by atoms with Gasteiger partial charge in [-0.1, -0.05) is 30.3 Å². The highest BCUT2D eigenvalue weighted by Crippen LogP contribution is 2.25. The monoisotopic (exact) mass is 232 g/mol. The molecule has 0 aliphatic heterocycles. The van der Waals surface area contributed by atoms with Crippen LogP contribution in [0.4, 0.5) is 4.39 Å². The van der Waals surface area contributed by atoms with Crippen molar-refractivity contribution in [2.24, 2.45) is 0 Å². The third-order valence-corrected chi connectivity index (χ3v) is 2.62. The molecule has 17 heavy (non-hydrogen) atoms. The highest BCUT2D eigenvalue weighted by molar-refractivity contribution is 5.64. The van der Waals surface area contributed by atoms with Gasteiger partial charge in [0.1, 0.15) is 0 Å². The Morgan fingerprint density at radius 1 is 1.06 bits per heavy atom. The van der Waals surface area contributed by atoms with Gasteiger partial charge in [-0.15, -0.1) is 0 Å². The average Bonchev–Trinajstić information content (AvgIpc) is 2.39. The van der Waals surface area contributed by atoms with Crippen molar-refractivity contribution in [1.82, 2.24) is 0 Å². The number of aliphatic hydroxyl groups excluding tert-OH is 1. The highest BCUT2D eigenvalue weighted by Gasteiger charge is 2.04. The SMILES string of the molecule is COc1ccc(-c2ccc(CO)cc2)cc1F. The lowest BCUT2D eigenvalue weighted by molar-refractivity contribution is 0.282. The Labute approximate surface area is 99.3 Å². The molecule has 1 N–H and O–H groups in total. The van der Waals surface area contributed by atoms with E-state index in [2.05, 4.69) is 0 Å². The molecule has 0 heterocycles. The van der Waals surface area contributed by atoms with Gasteiger partial charge < -0.3 is 9.84 Å². The van der Waals surface area contributed by atoms with Gasteiger partial charge in [0, 0.05) is 0 Å². The molecule has 0 spiro atoms. The minimum absolute atomic E-state index is 0.0112. The minimum Gasteiger partial charge on any atom is -0.494 e. The second-order valence-corrected chi connectivity index (χ2v) is 3.70. The van der Waals surface area contributed by atoms with Crippen LogP contribution >= 0.6 is 0 Å². The largest absolute Gasteiger partial charge is 0.494 e. The molecule has 0 aliphatic carbocycles. The summed E-state index contributed by atoms with van der Waals surface area (Å²) in [7, 11) is 1.44. The van der Waals surface area contributed by atoms with Crippen LogP contribution in [0, 0.1) is 5.82 Å². The molecule has 0 saturated carbocycles. The van der Waals surface area contributed by atoms with E-state index >= 15 is 0 Å². The van der Waals surface area contributed by atoms with Crippen LogP contribution in [0.2, 0.25) is 0 Å². The fourth-order valence-corrected chi connectivity index (χ4v) is 1.65. The quantitative estimate of drug-likeness (QED) is 0.881. The summed E-state index contributed by atoms with van der Waals surface area (Å²) < 4.78 is 18.4. The zero-order valence-corrected chi connectivity index (χ0v) is 9.48. The van der Waals surface area contributed by atoms with Gasteiger partial charge in [-0.25, -0.2) is 4.39 Å². The lowest BCUT2D eigenvalue weighted by Gasteiger charge is -2.06. The standard InChI is InChI=1S/C14H13FO2/c1-17-14-7-6-12(8-13(14)15)11-4-2-10(9-16)3-5-11/h2-8,16H,9H2,1H3. The molecule has 0 amide bonds. The Hall–Kier alpha value is -1.87. The lowest BCUT2D eigenvalue weighted by atomic mass is 10.0. The number of hydrogen-bond donors (Lipinski definition) is 1. The van der Waals surface area contributed by atoms with Gasteiger partial charge in [-0.05, 0) is 28.8 Å². The summed E-state index contributed by atoms with van der Waals surface area (Å²) in [5.41, 5.74) is 2.53. The van der Waals surface area contributed by atoms with Crippen molar-refractivity contribution in [2.45, 2.75) is 6.61 Å². The van der Waals surface area contributed by atoms with Crippen LogP contribution in [0.3, 0.4) is 0 Å². The van der Waals surface area contributed by atoms with Crippen molar-refractivity contribution in [3.8, 4) is 16.9 Å². The molecule has 88 valence electrons. The van der Waals surface area contributed by atoms with E-state index in [-0.39, 0.29) is 18.2 Å². The summed E-state index contributed by atoms with van der Waals surface area (Å²) in [4.78, 5) is 0. The molecular weight excluding hydrogens is 219 g/mol. The zero-order chi connectivity index (χ0) is 12.3. The third kappa shape index (κ3) is 2.45.